The van der Waals surface area contributed by atoms with Crippen LogP contribution >= 0.6 is 0 Å². The molecule has 3 rings (SSSR count). The lowest BCUT2D eigenvalue weighted by molar-refractivity contribution is -0.671. The van der Waals surface area contributed by atoms with Gasteiger partial charge in [-0.15, -0.1) is 0 Å². The normalized spacial score (nSPS) is 13.2. The van der Waals surface area contributed by atoms with Gasteiger partial charge in [0.05, 0.1) is 5.69 Å². The predicted molar refractivity (Wildman–Crippen MR) is 72.6 cm³/mol. The number of nitrogens with zero attached hydrogens (tertiary/aromatic N) is 2. The summed E-state index contributed by atoms with van der Waals surface area (Å²) >= 11 is 0. The van der Waals surface area contributed by atoms with Crippen molar-refractivity contribution in [2.24, 2.45) is 7.05 Å². The Morgan fingerprint density at radius 2 is 2.11 bits per heavy atom. The second-order valence-corrected chi connectivity index (χ2v) is 4.73. The molecule has 1 N–H and O–H groups in total. The molecule has 4 heteroatoms. The lowest BCUT2D eigenvalue weighted by atomic mass is 10.2. The zero-order valence-corrected chi connectivity index (χ0v) is 10.8. The van der Waals surface area contributed by atoms with Crippen LogP contribution in [0, 0.1) is 0 Å². The first-order valence-corrected chi connectivity index (χ1v) is 6.36. The van der Waals surface area contributed by atoms with Gasteiger partial charge >= 0.3 is 0 Å². The number of fused-ring (bicyclic) bond motifs is 1. The average molecular weight is 254 g/mol. The van der Waals surface area contributed by atoms with Gasteiger partial charge in [0.15, 0.2) is 12.4 Å². The minimum absolute atomic E-state index is 0.0760. The lowest BCUT2D eigenvalue weighted by Crippen LogP contribution is -2.42. The third-order valence-corrected chi connectivity index (χ3v) is 3.33. The van der Waals surface area contributed by atoms with E-state index in [0.717, 1.165) is 18.7 Å². The number of carbonyl (C=O) groups is 1. The summed E-state index contributed by atoms with van der Waals surface area (Å²) in [5.41, 5.74) is 5.99. The first-order valence-electron chi connectivity index (χ1n) is 6.36. The van der Waals surface area contributed by atoms with Crippen LogP contribution in [0.3, 0.4) is 0 Å². The van der Waals surface area contributed by atoms with Gasteiger partial charge in [-0.1, -0.05) is 18.2 Å². The lowest BCUT2D eigenvalue weighted by Gasteiger charge is -2.19. The summed E-state index contributed by atoms with van der Waals surface area (Å²) in [6, 6.07) is 11.8. The Morgan fingerprint density at radius 1 is 1.26 bits per heavy atom. The van der Waals surface area contributed by atoms with Crippen molar-refractivity contribution >= 4 is 11.6 Å². The molecule has 1 aromatic heterocycles. The number of anilines is 1. The molecule has 0 saturated heterocycles. The fourth-order valence-corrected chi connectivity index (χ4v) is 2.36. The predicted octanol–water partition coefficient (Wildman–Crippen LogP) is 1.22. The molecule has 1 aliphatic heterocycles. The van der Waals surface area contributed by atoms with Gasteiger partial charge in [-0.3, -0.25) is 15.2 Å². The summed E-state index contributed by atoms with van der Waals surface area (Å²) in [6.45, 7) is 0.823. The zero-order chi connectivity index (χ0) is 13.2. The Balaban J connectivity index is 1.78. The molecule has 0 bridgehead atoms. The molecule has 1 aliphatic rings. The highest BCUT2D eigenvalue weighted by molar-refractivity contribution is 5.94. The number of pyridine rings is 1. The molecule has 0 saturated carbocycles. The molecule has 0 unspecified atom stereocenters. The van der Waals surface area contributed by atoms with E-state index >= 15 is 0 Å². The van der Waals surface area contributed by atoms with Gasteiger partial charge in [0.25, 0.3) is 5.91 Å². The van der Waals surface area contributed by atoms with Crippen LogP contribution in [0.25, 0.3) is 0 Å². The molecular formula is C15H16N3O+. The monoisotopic (exact) mass is 254 g/mol. The number of hydrogen-bond acceptors (Lipinski definition) is 2. The third kappa shape index (κ3) is 2.29. The molecule has 0 radical (unpaired) electrons. The maximum atomic E-state index is 12.2. The summed E-state index contributed by atoms with van der Waals surface area (Å²) < 4.78 is 1.87. The van der Waals surface area contributed by atoms with Gasteiger partial charge < -0.3 is 0 Å². The van der Waals surface area contributed by atoms with Crippen molar-refractivity contribution in [1.82, 2.24) is 5.43 Å². The molecule has 0 atom stereocenters. The van der Waals surface area contributed by atoms with E-state index in [1.165, 1.54) is 5.56 Å². The highest BCUT2D eigenvalue weighted by Gasteiger charge is 2.21. The van der Waals surface area contributed by atoms with Crippen molar-refractivity contribution in [2.75, 3.05) is 11.6 Å². The summed E-state index contributed by atoms with van der Waals surface area (Å²) in [7, 11) is 1.90. The van der Waals surface area contributed by atoms with Crippen LogP contribution in [0.4, 0.5) is 5.69 Å². The first kappa shape index (κ1) is 11.7. The van der Waals surface area contributed by atoms with Gasteiger partial charge in [-0.25, -0.2) is 4.57 Å². The summed E-state index contributed by atoms with van der Waals surface area (Å²) in [5, 5.41) is 1.92. The number of benzene rings is 1. The highest BCUT2D eigenvalue weighted by atomic mass is 16.2. The average Bonchev–Trinajstić information content (AvgIpc) is 2.82. The number of para-hydroxylation sites is 1. The molecule has 1 aromatic carbocycles. The fraction of sp³-hybridized carbons (Fsp3) is 0.200. The van der Waals surface area contributed by atoms with Gasteiger partial charge in [0.2, 0.25) is 0 Å². The van der Waals surface area contributed by atoms with Crippen molar-refractivity contribution < 1.29 is 9.36 Å². The van der Waals surface area contributed by atoms with Crippen LogP contribution in [-0.2, 0) is 13.5 Å². The van der Waals surface area contributed by atoms with E-state index in [0.29, 0.717) is 5.56 Å². The van der Waals surface area contributed by atoms with Crippen LogP contribution in [0.15, 0.2) is 48.8 Å². The number of rotatable bonds is 2. The summed E-state index contributed by atoms with van der Waals surface area (Å²) in [6.07, 6.45) is 4.69. The minimum atomic E-state index is -0.0760. The van der Waals surface area contributed by atoms with Crippen LogP contribution in [0.2, 0.25) is 0 Å². The Morgan fingerprint density at radius 3 is 2.95 bits per heavy atom. The fourth-order valence-electron chi connectivity index (χ4n) is 2.36. The number of aromatic nitrogens is 1. The van der Waals surface area contributed by atoms with Gasteiger partial charge in [0.1, 0.15) is 12.6 Å². The number of nitrogens with one attached hydrogen (secondary N) is 1. The third-order valence-electron chi connectivity index (χ3n) is 3.33. The van der Waals surface area contributed by atoms with Crippen molar-refractivity contribution in [1.29, 1.82) is 0 Å². The van der Waals surface area contributed by atoms with Crippen molar-refractivity contribution in [2.45, 2.75) is 6.42 Å². The summed E-state index contributed by atoms with van der Waals surface area (Å²) in [5.74, 6) is -0.0760. The summed E-state index contributed by atoms with van der Waals surface area (Å²) in [4.78, 5) is 12.2. The molecule has 19 heavy (non-hydrogen) atoms. The molecule has 96 valence electrons. The Kier molecular flexibility index (Phi) is 2.91. The highest BCUT2D eigenvalue weighted by Crippen LogP contribution is 2.25. The maximum Gasteiger partial charge on any atom is 0.275 e. The van der Waals surface area contributed by atoms with Crippen molar-refractivity contribution in [3.63, 3.8) is 0 Å². The molecule has 0 fully saturated rings. The van der Waals surface area contributed by atoms with E-state index in [-0.39, 0.29) is 5.91 Å². The zero-order valence-electron chi connectivity index (χ0n) is 10.8. The second kappa shape index (κ2) is 4.72. The minimum Gasteiger partial charge on any atom is -0.285 e. The molecule has 1 amide bonds. The Labute approximate surface area is 112 Å². The number of hydrogen-bond donors (Lipinski definition) is 1. The molecule has 0 spiro atoms. The number of hydrazine groups is 1. The van der Waals surface area contributed by atoms with Gasteiger partial charge in [-0.2, -0.15) is 0 Å². The van der Waals surface area contributed by atoms with Crippen molar-refractivity contribution in [3.8, 4) is 0 Å². The van der Waals surface area contributed by atoms with Gasteiger partial charge in [-0.05, 0) is 24.1 Å². The standard InChI is InChI=1S/C15H15N3O/c1-17-9-4-6-13(11-17)15(19)16-18-10-8-12-5-2-3-7-14(12)18/h2-7,9,11H,8,10H2,1H3/p+1. The second-order valence-electron chi connectivity index (χ2n) is 4.73. The molecule has 4 nitrogen and oxygen atoms in total. The quantitative estimate of drug-likeness (QED) is 0.818. The van der Waals surface area contributed by atoms with Crippen LogP contribution < -0.4 is 15.0 Å². The number of carbonyl (C=O) groups excluding carboxylic acids is 1. The maximum absolute atomic E-state index is 12.2. The van der Waals surface area contributed by atoms with Crippen molar-refractivity contribution in [3.05, 3.63) is 59.9 Å². The van der Waals surface area contributed by atoms with Crippen LogP contribution in [0.1, 0.15) is 15.9 Å². The molecule has 2 heterocycles. The first-order chi connectivity index (χ1) is 9.24. The van der Waals surface area contributed by atoms with E-state index in [9.17, 15) is 4.79 Å². The van der Waals surface area contributed by atoms with E-state index < -0.39 is 0 Å². The van der Waals surface area contributed by atoms with Crippen LogP contribution in [0.5, 0.6) is 0 Å². The Bertz CT molecular complexity index is 624. The van der Waals surface area contributed by atoms with E-state index in [1.54, 1.807) is 0 Å². The number of amides is 1. The largest absolute Gasteiger partial charge is 0.285 e. The Hall–Kier alpha value is -2.36. The SMILES string of the molecule is C[n+]1cccc(C(=O)NN2CCc3ccccc32)c1. The topological polar surface area (TPSA) is 36.2 Å². The van der Waals surface area contributed by atoms with Crippen LogP contribution in [-0.4, -0.2) is 12.5 Å². The van der Waals surface area contributed by atoms with Gasteiger partial charge in [0, 0.05) is 12.6 Å². The van der Waals surface area contributed by atoms with E-state index in [2.05, 4.69) is 11.5 Å². The van der Waals surface area contributed by atoms with E-state index in [4.69, 9.17) is 0 Å². The smallest absolute Gasteiger partial charge is 0.275 e. The van der Waals surface area contributed by atoms with E-state index in [1.807, 2.05) is 59.3 Å². The molecular weight excluding hydrogens is 238 g/mol. The number of aryl methyl sites for hydroxylation is 1. The molecule has 2 aromatic rings. The molecule has 0 aliphatic carbocycles.